The fourth-order valence-corrected chi connectivity index (χ4v) is 2.56. The molecule has 1 rings (SSSR count). The Labute approximate surface area is 103 Å². The summed E-state index contributed by atoms with van der Waals surface area (Å²) in [6.45, 7) is 5.31. The molecule has 0 radical (unpaired) electrons. The van der Waals surface area contributed by atoms with E-state index in [4.69, 9.17) is 4.74 Å². The third-order valence-electron chi connectivity index (χ3n) is 2.80. The van der Waals surface area contributed by atoms with Crippen molar-refractivity contribution < 1.29 is 4.74 Å². The average Bonchev–Trinajstić information content (AvgIpc) is 2.78. The fourth-order valence-electron chi connectivity index (χ4n) is 1.77. The van der Waals surface area contributed by atoms with Gasteiger partial charge >= 0.3 is 0 Å². The zero-order valence-electron chi connectivity index (χ0n) is 10.5. The lowest BCUT2D eigenvalue weighted by atomic mass is 10.1. The number of nitrogens with one attached hydrogen (secondary N) is 1. The van der Waals surface area contributed by atoms with Gasteiger partial charge in [-0.15, -0.1) is 11.3 Å². The highest BCUT2D eigenvalue weighted by atomic mass is 32.1. The normalized spacial score (nSPS) is 14.9. The van der Waals surface area contributed by atoms with Crippen LogP contribution in [0, 0.1) is 0 Å². The number of methoxy groups -OCH3 is 1. The van der Waals surface area contributed by atoms with Gasteiger partial charge in [-0.1, -0.05) is 13.0 Å². The summed E-state index contributed by atoms with van der Waals surface area (Å²) < 4.78 is 5.10. The van der Waals surface area contributed by atoms with Crippen molar-refractivity contribution in [1.29, 1.82) is 0 Å². The Morgan fingerprint density at radius 1 is 1.50 bits per heavy atom. The van der Waals surface area contributed by atoms with Crippen LogP contribution in [-0.4, -0.2) is 25.8 Å². The van der Waals surface area contributed by atoms with Gasteiger partial charge in [-0.05, 0) is 37.6 Å². The second-order valence-corrected chi connectivity index (χ2v) is 5.27. The largest absolute Gasteiger partial charge is 0.385 e. The monoisotopic (exact) mass is 241 g/mol. The highest BCUT2D eigenvalue weighted by molar-refractivity contribution is 7.09. The minimum Gasteiger partial charge on any atom is -0.385 e. The third kappa shape index (κ3) is 5.10. The molecule has 3 heteroatoms. The molecule has 0 spiro atoms. The average molecular weight is 241 g/mol. The Morgan fingerprint density at radius 2 is 2.31 bits per heavy atom. The lowest BCUT2D eigenvalue weighted by molar-refractivity contribution is 0.182. The lowest BCUT2D eigenvalue weighted by Gasteiger charge is -2.21. The smallest absolute Gasteiger partial charge is 0.0476 e. The van der Waals surface area contributed by atoms with E-state index in [0.717, 1.165) is 19.4 Å². The molecule has 0 amide bonds. The minimum atomic E-state index is 0.532. The van der Waals surface area contributed by atoms with Crippen LogP contribution in [0.15, 0.2) is 17.5 Å². The van der Waals surface area contributed by atoms with Gasteiger partial charge < -0.3 is 10.1 Å². The zero-order chi connectivity index (χ0) is 11.8. The van der Waals surface area contributed by atoms with Crippen LogP contribution in [0.5, 0.6) is 0 Å². The standard InChI is InChI=1S/C13H23NOS/c1-4-12(10-13-6-5-9-16-13)14-11(2)7-8-15-3/h5-6,9,11-12,14H,4,7-8,10H2,1-3H3. The summed E-state index contributed by atoms with van der Waals surface area (Å²) in [7, 11) is 1.76. The molecule has 0 bridgehead atoms. The van der Waals surface area contributed by atoms with Gasteiger partial charge in [0, 0.05) is 30.7 Å². The third-order valence-corrected chi connectivity index (χ3v) is 3.69. The predicted octanol–water partition coefficient (Wildman–Crippen LogP) is 3.08. The molecule has 1 aromatic heterocycles. The van der Waals surface area contributed by atoms with Crippen molar-refractivity contribution in [3.05, 3.63) is 22.4 Å². The summed E-state index contributed by atoms with van der Waals surface area (Å²) in [4.78, 5) is 1.47. The molecule has 1 aromatic rings. The van der Waals surface area contributed by atoms with Crippen LogP contribution >= 0.6 is 11.3 Å². The van der Waals surface area contributed by atoms with Crippen LogP contribution in [0.2, 0.25) is 0 Å². The van der Waals surface area contributed by atoms with E-state index in [1.807, 2.05) is 11.3 Å². The molecule has 0 saturated heterocycles. The van der Waals surface area contributed by atoms with E-state index < -0.39 is 0 Å². The molecule has 0 saturated carbocycles. The van der Waals surface area contributed by atoms with E-state index in [1.165, 1.54) is 11.3 Å². The van der Waals surface area contributed by atoms with Gasteiger partial charge in [-0.2, -0.15) is 0 Å². The van der Waals surface area contributed by atoms with Gasteiger partial charge in [0.2, 0.25) is 0 Å². The Hall–Kier alpha value is -0.380. The van der Waals surface area contributed by atoms with Crippen LogP contribution in [0.1, 0.15) is 31.6 Å². The maximum atomic E-state index is 5.10. The molecule has 2 nitrogen and oxygen atoms in total. The molecule has 16 heavy (non-hydrogen) atoms. The van der Waals surface area contributed by atoms with E-state index in [0.29, 0.717) is 12.1 Å². The number of hydrogen-bond donors (Lipinski definition) is 1. The van der Waals surface area contributed by atoms with Gasteiger partial charge in [-0.3, -0.25) is 0 Å². The lowest BCUT2D eigenvalue weighted by Crippen LogP contribution is -2.38. The second-order valence-electron chi connectivity index (χ2n) is 4.24. The van der Waals surface area contributed by atoms with E-state index in [-0.39, 0.29) is 0 Å². The molecular formula is C13H23NOS. The van der Waals surface area contributed by atoms with Crippen molar-refractivity contribution in [1.82, 2.24) is 5.32 Å². The highest BCUT2D eigenvalue weighted by Crippen LogP contribution is 2.13. The molecule has 0 aliphatic heterocycles. The zero-order valence-corrected chi connectivity index (χ0v) is 11.3. The Bertz CT molecular complexity index is 261. The maximum absolute atomic E-state index is 5.10. The van der Waals surface area contributed by atoms with Crippen molar-refractivity contribution in [2.45, 2.75) is 45.2 Å². The van der Waals surface area contributed by atoms with Gasteiger partial charge in [0.15, 0.2) is 0 Å². The first-order valence-electron chi connectivity index (χ1n) is 6.03. The summed E-state index contributed by atoms with van der Waals surface area (Å²) in [5, 5.41) is 5.82. The van der Waals surface area contributed by atoms with Gasteiger partial charge in [0.25, 0.3) is 0 Å². The molecule has 0 aromatic carbocycles. The molecular weight excluding hydrogens is 218 g/mol. The van der Waals surface area contributed by atoms with Crippen molar-refractivity contribution >= 4 is 11.3 Å². The second kappa shape index (κ2) is 7.82. The van der Waals surface area contributed by atoms with Crippen LogP contribution in [-0.2, 0) is 11.2 Å². The first-order valence-corrected chi connectivity index (χ1v) is 6.91. The SMILES string of the molecule is CCC(Cc1cccs1)NC(C)CCOC. The molecule has 1 heterocycles. The van der Waals surface area contributed by atoms with Gasteiger partial charge in [-0.25, -0.2) is 0 Å². The quantitative estimate of drug-likeness (QED) is 0.755. The van der Waals surface area contributed by atoms with Crippen molar-refractivity contribution in [2.75, 3.05) is 13.7 Å². The summed E-state index contributed by atoms with van der Waals surface area (Å²) >= 11 is 1.85. The first kappa shape index (κ1) is 13.7. The summed E-state index contributed by atoms with van der Waals surface area (Å²) in [5.41, 5.74) is 0. The molecule has 0 aliphatic carbocycles. The number of thiophene rings is 1. The molecule has 2 atom stereocenters. The maximum Gasteiger partial charge on any atom is 0.0476 e. The van der Waals surface area contributed by atoms with Gasteiger partial charge in [0.1, 0.15) is 0 Å². The van der Waals surface area contributed by atoms with Crippen molar-refractivity contribution in [2.24, 2.45) is 0 Å². The highest BCUT2D eigenvalue weighted by Gasteiger charge is 2.11. The topological polar surface area (TPSA) is 21.3 Å². The summed E-state index contributed by atoms with van der Waals surface area (Å²) in [6.07, 6.45) is 3.40. The van der Waals surface area contributed by atoms with Crippen molar-refractivity contribution in [3.8, 4) is 0 Å². The Balaban J connectivity index is 2.31. The predicted molar refractivity (Wildman–Crippen MR) is 71.2 cm³/mol. The van der Waals surface area contributed by atoms with Crippen molar-refractivity contribution in [3.63, 3.8) is 0 Å². The van der Waals surface area contributed by atoms with Crippen LogP contribution < -0.4 is 5.32 Å². The van der Waals surface area contributed by atoms with E-state index >= 15 is 0 Å². The van der Waals surface area contributed by atoms with E-state index in [1.54, 1.807) is 7.11 Å². The summed E-state index contributed by atoms with van der Waals surface area (Å²) in [5.74, 6) is 0. The molecule has 2 unspecified atom stereocenters. The van der Waals surface area contributed by atoms with E-state index in [9.17, 15) is 0 Å². The van der Waals surface area contributed by atoms with Gasteiger partial charge in [0.05, 0.1) is 0 Å². The number of rotatable bonds is 8. The summed E-state index contributed by atoms with van der Waals surface area (Å²) in [6, 6.07) is 5.46. The molecule has 1 N–H and O–H groups in total. The first-order chi connectivity index (χ1) is 7.76. The Kier molecular flexibility index (Phi) is 6.69. The van der Waals surface area contributed by atoms with Crippen LogP contribution in [0.25, 0.3) is 0 Å². The molecule has 0 aliphatic rings. The molecule has 0 fully saturated rings. The van der Waals surface area contributed by atoms with Crippen LogP contribution in [0.4, 0.5) is 0 Å². The molecule has 92 valence electrons. The number of ether oxygens (including phenoxy) is 1. The van der Waals surface area contributed by atoms with Crippen LogP contribution in [0.3, 0.4) is 0 Å². The fraction of sp³-hybridized carbons (Fsp3) is 0.692. The van der Waals surface area contributed by atoms with E-state index in [2.05, 4.69) is 36.7 Å². The number of hydrogen-bond acceptors (Lipinski definition) is 3. The Morgan fingerprint density at radius 3 is 2.88 bits per heavy atom. The minimum absolute atomic E-state index is 0.532.